The van der Waals surface area contributed by atoms with Crippen molar-refractivity contribution in [1.82, 2.24) is 5.32 Å². The lowest BCUT2D eigenvalue weighted by molar-refractivity contribution is -0.116. The molecule has 3 rings (SSSR count). The molecule has 1 atom stereocenters. The van der Waals surface area contributed by atoms with Crippen LogP contribution in [0, 0.1) is 3.57 Å². The van der Waals surface area contributed by atoms with E-state index >= 15 is 0 Å². The molecule has 1 heterocycles. The van der Waals surface area contributed by atoms with E-state index in [4.69, 9.17) is 4.74 Å². The van der Waals surface area contributed by atoms with Crippen LogP contribution in [0.3, 0.4) is 0 Å². The van der Waals surface area contributed by atoms with E-state index < -0.39 is 0 Å². The van der Waals surface area contributed by atoms with Gasteiger partial charge in [0.25, 0.3) is 5.91 Å². The number of anilines is 1. The molecule has 0 radical (unpaired) electrons. The predicted octanol–water partition coefficient (Wildman–Crippen LogP) is 4.17. The predicted molar refractivity (Wildman–Crippen MR) is 114 cm³/mol. The lowest BCUT2D eigenvalue weighted by Gasteiger charge is -2.13. The first-order valence-corrected chi connectivity index (χ1v) is 10.1. The molecular formula is C19H19IN2O3S. The fourth-order valence-corrected chi connectivity index (χ4v) is 4.15. The van der Waals surface area contributed by atoms with E-state index in [1.807, 2.05) is 18.2 Å². The third kappa shape index (κ3) is 4.27. The number of ether oxygens (including phenoxy) is 1. The highest BCUT2D eigenvalue weighted by molar-refractivity contribution is 14.1. The quantitative estimate of drug-likeness (QED) is 0.441. The number of methoxy groups -OCH3 is 1. The number of thioether (sulfide) groups is 1. The smallest absolute Gasteiger partial charge is 0.260 e. The summed E-state index contributed by atoms with van der Waals surface area (Å²) >= 11 is 3.53. The van der Waals surface area contributed by atoms with Crippen LogP contribution in [0.5, 0.6) is 11.5 Å². The molecule has 136 valence electrons. The summed E-state index contributed by atoms with van der Waals surface area (Å²) in [5.74, 6) is 0.244. The number of aromatic hydroxyl groups is 1. The van der Waals surface area contributed by atoms with Gasteiger partial charge in [0.05, 0.1) is 12.0 Å². The molecule has 7 heteroatoms. The summed E-state index contributed by atoms with van der Waals surface area (Å²) in [5, 5.41) is 16.5. The Hall–Kier alpha value is -1.87. The average molecular weight is 482 g/mol. The number of phenols is 1. The topological polar surface area (TPSA) is 70.6 Å². The Balaban J connectivity index is 1.77. The number of carbonyl (C=O) groups excluding carboxylic acids is 1. The third-order valence-electron chi connectivity index (χ3n) is 3.97. The molecule has 0 bridgehead atoms. The minimum absolute atomic E-state index is 0.0281. The molecule has 0 unspecified atom stereocenters. The minimum atomic E-state index is -0.256. The first-order valence-electron chi connectivity index (χ1n) is 8.11. The fourth-order valence-electron chi connectivity index (χ4n) is 2.55. The maximum atomic E-state index is 12.3. The first kappa shape index (κ1) is 18.9. The van der Waals surface area contributed by atoms with Crippen molar-refractivity contribution in [2.45, 2.75) is 18.8 Å². The molecule has 0 aliphatic carbocycles. The molecular weight excluding hydrogens is 463 g/mol. The number of rotatable bonds is 5. The van der Waals surface area contributed by atoms with E-state index in [2.05, 4.69) is 52.3 Å². The maximum Gasteiger partial charge on any atom is 0.260 e. The Bertz CT molecular complexity index is 853. The molecule has 2 aromatic carbocycles. The summed E-state index contributed by atoms with van der Waals surface area (Å²) in [4.78, 5) is 12.8. The Kier molecular flexibility index (Phi) is 5.98. The molecule has 1 saturated heterocycles. The molecule has 1 fully saturated rings. The van der Waals surface area contributed by atoms with Crippen molar-refractivity contribution in [3.05, 3.63) is 56.0 Å². The lowest BCUT2D eigenvalue weighted by atomic mass is 10.1. The lowest BCUT2D eigenvalue weighted by Crippen LogP contribution is -2.30. The number of nitrogens with one attached hydrogen (secondary N) is 2. The summed E-state index contributed by atoms with van der Waals surface area (Å²) in [6.45, 7) is 2.11. The van der Waals surface area contributed by atoms with Crippen molar-refractivity contribution in [3.63, 3.8) is 0 Å². The summed E-state index contributed by atoms with van der Waals surface area (Å²) in [7, 11) is 1.50. The second-order valence-electron chi connectivity index (χ2n) is 5.72. The molecule has 0 spiro atoms. The van der Waals surface area contributed by atoms with E-state index in [9.17, 15) is 9.90 Å². The van der Waals surface area contributed by atoms with Crippen LogP contribution in [0.15, 0.2) is 41.3 Å². The monoisotopic (exact) mass is 482 g/mol. The van der Waals surface area contributed by atoms with Gasteiger partial charge in [0, 0.05) is 14.8 Å². The Morgan fingerprint density at radius 3 is 2.73 bits per heavy atom. The second kappa shape index (κ2) is 8.22. The standard InChI is InChI=1S/C19H19IN2O3S/c1-3-11-4-6-14(7-5-11)21-19-22-18(24)16(26-19)9-12-8-13(20)10-15(25-2)17(12)23/h4-10,19,21,23H,3H2,1-2H3,(H,22,24)/b16-9-/t19-/m1/s1. The fraction of sp³-hybridized carbons (Fsp3) is 0.211. The largest absolute Gasteiger partial charge is 0.504 e. The number of amides is 1. The van der Waals surface area contributed by atoms with Gasteiger partial charge >= 0.3 is 0 Å². The number of benzene rings is 2. The summed E-state index contributed by atoms with van der Waals surface area (Å²) in [5.41, 5.74) is 2.51. The van der Waals surface area contributed by atoms with Crippen LogP contribution in [0.4, 0.5) is 5.69 Å². The SMILES string of the molecule is CCc1ccc(N[C@@H]2NC(=O)/C(=C/c3cc(I)cc(OC)c3O)S2)cc1. The van der Waals surface area contributed by atoms with Gasteiger partial charge in [-0.3, -0.25) is 4.79 Å². The van der Waals surface area contributed by atoms with Gasteiger partial charge in [0.2, 0.25) is 0 Å². The zero-order chi connectivity index (χ0) is 18.7. The Labute approximate surface area is 170 Å². The Morgan fingerprint density at radius 1 is 1.35 bits per heavy atom. The van der Waals surface area contributed by atoms with Crippen molar-refractivity contribution in [1.29, 1.82) is 0 Å². The molecule has 1 aliphatic rings. The third-order valence-corrected chi connectivity index (χ3v) is 5.62. The van der Waals surface area contributed by atoms with E-state index in [1.54, 1.807) is 12.1 Å². The Morgan fingerprint density at radius 2 is 2.08 bits per heavy atom. The average Bonchev–Trinajstić information content (AvgIpc) is 2.97. The zero-order valence-corrected chi connectivity index (χ0v) is 17.3. The van der Waals surface area contributed by atoms with Crippen molar-refractivity contribution < 1.29 is 14.6 Å². The molecule has 3 N–H and O–H groups in total. The van der Waals surface area contributed by atoms with Gasteiger partial charge in [0.15, 0.2) is 17.0 Å². The van der Waals surface area contributed by atoms with E-state index in [1.165, 1.54) is 24.4 Å². The van der Waals surface area contributed by atoms with Crippen LogP contribution >= 0.6 is 34.4 Å². The van der Waals surface area contributed by atoms with Crippen LogP contribution in [-0.4, -0.2) is 23.6 Å². The number of hydrogen-bond acceptors (Lipinski definition) is 5. The molecule has 1 amide bonds. The minimum Gasteiger partial charge on any atom is -0.504 e. The van der Waals surface area contributed by atoms with Crippen molar-refractivity contribution in [2.75, 3.05) is 12.4 Å². The summed E-state index contributed by atoms with van der Waals surface area (Å²) < 4.78 is 6.09. The zero-order valence-electron chi connectivity index (χ0n) is 14.4. The van der Waals surface area contributed by atoms with Crippen LogP contribution in [0.2, 0.25) is 0 Å². The first-order chi connectivity index (χ1) is 12.5. The van der Waals surface area contributed by atoms with Gasteiger partial charge < -0.3 is 20.5 Å². The highest BCUT2D eigenvalue weighted by Gasteiger charge is 2.27. The van der Waals surface area contributed by atoms with Gasteiger partial charge in [0.1, 0.15) is 0 Å². The van der Waals surface area contributed by atoms with Gasteiger partial charge in [-0.15, -0.1) is 0 Å². The van der Waals surface area contributed by atoms with Gasteiger partial charge in [-0.2, -0.15) is 0 Å². The second-order valence-corrected chi connectivity index (χ2v) is 8.11. The molecule has 0 saturated carbocycles. The van der Waals surface area contributed by atoms with Gasteiger partial charge in [-0.05, 0) is 64.9 Å². The van der Waals surface area contributed by atoms with E-state index in [-0.39, 0.29) is 17.2 Å². The van der Waals surface area contributed by atoms with E-state index in [0.717, 1.165) is 15.7 Å². The normalized spacial score (nSPS) is 18.0. The number of halogens is 1. The van der Waals surface area contributed by atoms with Gasteiger partial charge in [-0.1, -0.05) is 30.8 Å². The van der Waals surface area contributed by atoms with Crippen LogP contribution in [0.25, 0.3) is 6.08 Å². The summed E-state index contributed by atoms with van der Waals surface area (Å²) in [6.07, 6.45) is 2.67. The van der Waals surface area contributed by atoms with Crippen molar-refractivity contribution >= 4 is 52.0 Å². The highest BCUT2D eigenvalue weighted by Crippen LogP contribution is 2.36. The number of hydrogen-bond donors (Lipinski definition) is 3. The molecule has 26 heavy (non-hydrogen) atoms. The molecule has 5 nitrogen and oxygen atoms in total. The number of phenolic OH excluding ortho intramolecular Hbond substituents is 1. The van der Waals surface area contributed by atoms with Crippen LogP contribution in [-0.2, 0) is 11.2 Å². The van der Waals surface area contributed by atoms with Crippen molar-refractivity contribution in [2.24, 2.45) is 0 Å². The molecule has 0 aromatic heterocycles. The highest BCUT2D eigenvalue weighted by atomic mass is 127. The number of carbonyl (C=O) groups is 1. The van der Waals surface area contributed by atoms with Gasteiger partial charge in [-0.25, -0.2) is 0 Å². The van der Waals surface area contributed by atoms with Crippen LogP contribution < -0.4 is 15.4 Å². The maximum absolute atomic E-state index is 12.3. The summed E-state index contributed by atoms with van der Waals surface area (Å²) in [6, 6.07) is 11.7. The van der Waals surface area contributed by atoms with Crippen LogP contribution in [0.1, 0.15) is 18.1 Å². The molecule has 1 aliphatic heterocycles. The molecule has 2 aromatic rings. The number of aryl methyl sites for hydroxylation is 1. The van der Waals surface area contributed by atoms with Crippen molar-refractivity contribution in [3.8, 4) is 11.5 Å². The van der Waals surface area contributed by atoms with E-state index in [0.29, 0.717) is 16.2 Å².